The van der Waals surface area contributed by atoms with E-state index < -0.39 is 11.7 Å². The Morgan fingerprint density at radius 1 is 1.17 bits per heavy atom. The zero-order valence-corrected chi connectivity index (χ0v) is 17.0. The lowest BCUT2D eigenvalue weighted by Crippen LogP contribution is -2.30. The van der Waals surface area contributed by atoms with Crippen molar-refractivity contribution in [2.45, 2.75) is 45.5 Å². The first kappa shape index (κ1) is 20.0. The number of alkyl halides is 3. The van der Waals surface area contributed by atoms with E-state index >= 15 is 0 Å². The summed E-state index contributed by atoms with van der Waals surface area (Å²) in [5, 5.41) is 0. The predicted molar refractivity (Wildman–Crippen MR) is 109 cm³/mol. The SMILES string of the molecule is CCCc1ncc2c(n1)CCN(Cc1ccc(-c3cccc(C(F)(F)F)c3)s1)C2. The summed E-state index contributed by atoms with van der Waals surface area (Å²) in [6.07, 6.45) is 0.473. The molecule has 3 heterocycles. The molecule has 0 aliphatic carbocycles. The number of fused-ring (bicyclic) bond motifs is 1. The normalized spacial score (nSPS) is 14.8. The largest absolute Gasteiger partial charge is 0.416 e. The Labute approximate surface area is 172 Å². The molecule has 29 heavy (non-hydrogen) atoms. The van der Waals surface area contributed by atoms with Gasteiger partial charge in [0.2, 0.25) is 0 Å². The van der Waals surface area contributed by atoms with E-state index in [1.165, 1.54) is 17.7 Å². The fourth-order valence-electron chi connectivity index (χ4n) is 3.58. The minimum atomic E-state index is -4.32. The first-order valence-corrected chi connectivity index (χ1v) is 10.6. The highest BCUT2D eigenvalue weighted by molar-refractivity contribution is 7.15. The van der Waals surface area contributed by atoms with Crippen molar-refractivity contribution < 1.29 is 13.2 Å². The fraction of sp³-hybridized carbons (Fsp3) is 0.364. The lowest BCUT2D eigenvalue weighted by atomic mass is 10.1. The molecule has 3 nitrogen and oxygen atoms in total. The van der Waals surface area contributed by atoms with Gasteiger partial charge in [0.05, 0.1) is 5.56 Å². The first-order chi connectivity index (χ1) is 13.9. The van der Waals surface area contributed by atoms with Crippen LogP contribution in [0.2, 0.25) is 0 Å². The molecule has 0 bridgehead atoms. The van der Waals surface area contributed by atoms with Crippen LogP contribution in [-0.2, 0) is 32.1 Å². The molecule has 3 aromatic rings. The molecule has 0 fully saturated rings. The van der Waals surface area contributed by atoms with Crippen LogP contribution < -0.4 is 0 Å². The zero-order valence-electron chi connectivity index (χ0n) is 16.2. The van der Waals surface area contributed by atoms with Crippen molar-refractivity contribution in [3.63, 3.8) is 0 Å². The van der Waals surface area contributed by atoms with Gasteiger partial charge < -0.3 is 0 Å². The average molecular weight is 418 g/mol. The second-order valence-corrected chi connectivity index (χ2v) is 8.48. The van der Waals surface area contributed by atoms with Crippen LogP contribution in [-0.4, -0.2) is 21.4 Å². The highest BCUT2D eigenvalue weighted by Crippen LogP contribution is 2.35. The molecular weight excluding hydrogens is 395 g/mol. The summed E-state index contributed by atoms with van der Waals surface area (Å²) in [4.78, 5) is 13.5. The first-order valence-electron chi connectivity index (χ1n) is 9.74. The van der Waals surface area contributed by atoms with Gasteiger partial charge in [-0.3, -0.25) is 4.90 Å². The van der Waals surface area contributed by atoms with Crippen molar-refractivity contribution in [3.8, 4) is 10.4 Å². The smallest absolute Gasteiger partial charge is 0.293 e. The van der Waals surface area contributed by atoms with Crippen LogP contribution in [0.3, 0.4) is 0 Å². The van der Waals surface area contributed by atoms with E-state index in [0.717, 1.165) is 66.2 Å². The maximum atomic E-state index is 13.0. The molecule has 1 aliphatic rings. The van der Waals surface area contributed by atoms with Crippen molar-refractivity contribution in [1.29, 1.82) is 0 Å². The number of aromatic nitrogens is 2. The number of rotatable bonds is 5. The lowest BCUT2D eigenvalue weighted by molar-refractivity contribution is -0.137. The standard InChI is InChI=1S/C22H22F3N3S/c1-2-4-21-26-12-16-13-28(10-9-19(16)27-21)14-18-7-8-20(29-18)15-5-3-6-17(11-15)22(23,24)25/h3,5-8,11-12H,2,4,9-10,13-14H2,1H3. The molecule has 0 radical (unpaired) electrons. The predicted octanol–water partition coefficient (Wildman–Crippen LogP) is 5.73. The molecule has 2 aromatic heterocycles. The maximum absolute atomic E-state index is 13.0. The van der Waals surface area contributed by atoms with Gasteiger partial charge in [-0.25, -0.2) is 9.97 Å². The molecule has 0 unspecified atom stereocenters. The summed E-state index contributed by atoms with van der Waals surface area (Å²) in [5.41, 5.74) is 2.32. The number of benzene rings is 1. The van der Waals surface area contributed by atoms with E-state index in [-0.39, 0.29) is 0 Å². The van der Waals surface area contributed by atoms with Gasteiger partial charge in [-0.1, -0.05) is 19.1 Å². The third-order valence-electron chi connectivity index (χ3n) is 5.05. The van der Waals surface area contributed by atoms with Gasteiger partial charge in [0.25, 0.3) is 0 Å². The van der Waals surface area contributed by atoms with Gasteiger partial charge in [-0.15, -0.1) is 11.3 Å². The molecule has 0 N–H and O–H groups in total. The molecule has 0 saturated heterocycles. The zero-order chi connectivity index (χ0) is 20.4. The van der Waals surface area contributed by atoms with Gasteiger partial charge in [-0.05, 0) is 36.2 Å². The fourth-order valence-corrected chi connectivity index (χ4v) is 4.63. The van der Waals surface area contributed by atoms with E-state index in [1.807, 2.05) is 18.3 Å². The minimum absolute atomic E-state index is 0.608. The number of nitrogens with zero attached hydrogens (tertiary/aromatic N) is 3. The Hall–Kier alpha value is -2.25. The summed E-state index contributed by atoms with van der Waals surface area (Å²) in [6, 6.07) is 9.44. The van der Waals surface area contributed by atoms with Crippen molar-refractivity contribution in [2.24, 2.45) is 0 Å². The lowest BCUT2D eigenvalue weighted by Gasteiger charge is -2.27. The number of hydrogen-bond donors (Lipinski definition) is 0. The van der Waals surface area contributed by atoms with Crippen molar-refractivity contribution in [1.82, 2.24) is 14.9 Å². The van der Waals surface area contributed by atoms with Crippen LogP contribution >= 0.6 is 11.3 Å². The molecular formula is C22H22F3N3S. The number of aryl methyl sites for hydroxylation is 1. The molecule has 1 aromatic carbocycles. The van der Waals surface area contributed by atoms with Gasteiger partial charge in [0.15, 0.2) is 0 Å². The van der Waals surface area contributed by atoms with E-state index in [4.69, 9.17) is 0 Å². The summed E-state index contributed by atoms with van der Waals surface area (Å²) in [7, 11) is 0. The van der Waals surface area contributed by atoms with Crippen LogP contribution in [0.5, 0.6) is 0 Å². The Bertz CT molecular complexity index is 997. The van der Waals surface area contributed by atoms with E-state index in [1.54, 1.807) is 17.4 Å². The molecule has 0 amide bonds. The molecule has 1 aliphatic heterocycles. The van der Waals surface area contributed by atoms with Crippen LogP contribution in [0.1, 0.15) is 40.9 Å². The Morgan fingerprint density at radius 3 is 2.83 bits per heavy atom. The minimum Gasteiger partial charge on any atom is -0.293 e. The highest BCUT2D eigenvalue weighted by Gasteiger charge is 2.30. The maximum Gasteiger partial charge on any atom is 0.416 e. The average Bonchev–Trinajstić information content (AvgIpc) is 3.16. The molecule has 7 heteroatoms. The number of thiophene rings is 1. The third kappa shape index (κ3) is 4.67. The molecule has 0 saturated carbocycles. The van der Waals surface area contributed by atoms with Crippen molar-refractivity contribution in [2.75, 3.05) is 6.54 Å². The topological polar surface area (TPSA) is 29.0 Å². The highest BCUT2D eigenvalue weighted by atomic mass is 32.1. The number of halogens is 3. The van der Waals surface area contributed by atoms with Crippen LogP contribution in [0.15, 0.2) is 42.6 Å². The van der Waals surface area contributed by atoms with Crippen LogP contribution in [0, 0.1) is 0 Å². The Morgan fingerprint density at radius 2 is 2.03 bits per heavy atom. The second-order valence-electron chi connectivity index (χ2n) is 7.31. The van der Waals surface area contributed by atoms with Gasteiger partial charge in [-0.2, -0.15) is 13.2 Å². The molecule has 152 valence electrons. The summed E-state index contributed by atoms with van der Waals surface area (Å²) in [6.45, 7) is 4.63. The third-order valence-corrected chi connectivity index (χ3v) is 6.17. The summed E-state index contributed by atoms with van der Waals surface area (Å²) >= 11 is 1.55. The van der Waals surface area contributed by atoms with Gasteiger partial charge >= 0.3 is 6.18 Å². The summed E-state index contributed by atoms with van der Waals surface area (Å²) in [5.74, 6) is 0.920. The van der Waals surface area contributed by atoms with Crippen molar-refractivity contribution in [3.05, 3.63) is 70.1 Å². The van der Waals surface area contributed by atoms with E-state index in [2.05, 4.69) is 21.8 Å². The molecule has 4 rings (SSSR count). The quantitative estimate of drug-likeness (QED) is 0.531. The van der Waals surface area contributed by atoms with Gasteiger partial charge in [0.1, 0.15) is 5.82 Å². The van der Waals surface area contributed by atoms with E-state index in [9.17, 15) is 13.2 Å². The second kappa shape index (κ2) is 8.24. The van der Waals surface area contributed by atoms with Crippen LogP contribution in [0.4, 0.5) is 13.2 Å². The van der Waals surface area contributed by atoms with Crippen molar-refractivity contribution >= 4 is 11.3 Å². The summed E-state index contributed by atoms with van der Waals surface area (Å²) < 4.78 is 38.9. The van der Waals surface area contributed by atoms with Gasteiger partial charge in [0, 0.05) is 59.7 Å². The Balaban J connectivity index is 1.45. The molecule has 0 spiro atoms. The van der Waals surface area contributed by atoms with Crippen LogP contribution in [0.25, 0.3) is 10.4 Å². The monoisotopic (exact) mass is 417 g/mol. The Kier molecular flexibility index (Phi) is 5.69. The van der Waals surface area contributed by atoms with E-state index in [0.29, 0.717) is 5.56 Å². The molecule has 0 atom stereocenters. The number of hydrogen-bond acceptors (Lipinski definition) is 4.